The van der Waals surface area contributed by atoms with Crippen molar-refractivity contribution in [3.8, 4) is 0 Å². The number of nitrogens with zero attached hydrogens (tertiary/aromatic N) is 2. The SMILES string of the molecule is Fc1ccc(C(NCc2cn3ccsc3n2)C2CCOCC2)cc1.O=C(O)C(F)(F)F. The fourth-order valence-electron chi connectivity index (χ4n) is 3.35. The van der Waals surface area contributed by atoms with Crippen LogP contribution in [-0.2, 0) is 16.1 Å². The molecule has 1 fully saturated rings. The molecule has 31 heavy (non-hydrogen) atoms. The average Bonchev–Trinajstić information content (AvgIpc) is 3.32. The Kier molecular flexibility index (Phi) is 7.63. The second-order valence-electron chi connectivity index (χ2n) is 6.99. The van der Waals surface area contributed by atoms with Crippen molar-refractivity contribution in [1.29, 1.82) is 0 Å². The van der Waals surface area contributed by atoms with E-state index in [1.165, 1.54) is 12.1 Å². The first-order valence-electron chi connectivity index (χ1n) is 9.52. The van der Waals surface area contributed by atoms with Crippen LogP contribution in [0.25, 0.3) is 4.96 Å². The van der Waals surface area contributed by atoms with Gasteiger partial charge in [0.1, 0.15) is 5.82 Å². The summed E-state index contributed by atoms with van der Waals surface area (Å²) in [5.74, 6) is -2.46. The van der Waals surface area contributed by atoms with E-state index < -0.39 is 12.1 Å². The minimum atomic E-state index is -5.08. The lowest BCUT2D eigenvalue weighted by Gasteiger charge is -2.31. The third-order valence-corrected chi connectivity index (χ3v) is 5.63. The molecule has 1 aliphatic heterocycles. The molecular formula is C20H21F4N3O3S. The zero-order valence-corrected chi connectivity index (χ0v) is 17.1. The van der Waals surface area contributed by atoms with Crippen molar-refractivity contribution < 1.29 is 32.2 Å². The first-order chi connectivity index (χ1) is 14.7. The fourth-order valence-corrected chi connectivity index (χ4v) is 4.07. The van der Waals surface area contributed by atoms with Crippen LogP contribution in [0.2, 0.25) is 0 Å². The van der Waals surface area contributed by atoms with Gasteiger partial charge in [-0.1, -0.05) is 12.1 Å². The van der Waals surface area contributed by atoms with Gasteiger partial charge >= 0.3 is 12.1 Å². The number of nitrogens with one attached hydrogen (secondary N) is 1. The van der Waals surface area contributed by atoms with Gasteiger partial charge in [0, 0.05) is 43.6 Å². The number of benzene rings is 1. The Labute approximate surface area is 179 Å². The number of rotatable bonds is 5. The number of carboxylic acid groups (broad SMARTS) is 1. The third-order valence-electron chi connectivity index (χ3n) is 4.86. The number of imidazole rings is 1. The van der Waals surface area contributed by atoms with Crippen LogP contribution in [0.15, 0.2) is 42.0 Å². The minimum Gasteiger partial charge on any atom is -0.475 e. The van der Waals surface area contributed by atoms with Crippen molar-refractivity contribution in [3.05, 3.63) is 59.1 Å². The van der Waals surface area contributed by atoms with Gasteiger partial charge in [0.05, 0.1) is 5.69 Å². The predicted molar refractivity (Wildman–Crippen MR) is 106 cm³/mol. The molecule has 0 amide bonds. The molecule has 168 valence electrons. The first kappa shape index (κ1) is 23.2. The van der Waals surface area contributed by atoms with Gasteiger partial charge in [-0.3, -0.25) is 4.40 Å². The van der Waals surface area contributed by atoms with Crippen LogP contribution >= 0.6 is 11.3 Å². The van der Waals surface area contributed by atoms with Crippen molar-refractivity contribution in [1.82, 2.24) is 14.7 Å². The summed E-state index contributed by atoms with van der Waals surface area (Å²) in [5.41, 5.74) is 2.16. The molecule has 2 aromatic heterocycles. The Balaban J connectivity index is 0.000000339. The highest BCUT2D eigenvalue weighted by atomic mass is 32.1. The number of aromatic nitrogens is 2. The molecule has 1 aliphatic rings. The third kappa shape index (κ3) is 6.49. The van der Waals surface area contributed by atoms with E-state index in [2.05, 4.69) is 16.5 Å². The van der Waals surface area contributed by atoms with Gasteiger partial charge in [-0.05, 0) is 36.5 Å². The lowest BCUT2D eigenvalue weighted by atomic mass is 9.87. The summed E-state index contributed by atoms with van der Waals surface area (Å²) in [4.78, 5) is 14.5. The predicted octanol–water partition coefficient (Wildman–Crippen LogP) is 4.43. The lowest BCUT2D eigenvalue weighted by molar-refractivity contribution is -0.192. The van der Waals surface area contributed by atoms with Crippen LogP contribution in [0, 0.1) is 11.7 Å². The molecule has 1 atom stereocenters. The standard InChI is InChI=1S/C18H20FN3OS.C2HF3O2/c19-15-3-1-13(2-4-15)17(14-5-8-23-9-6-14)20-11-16-12-22-7-10-24-18(22)21-16;3-2(4,5)1(6)7/h1-4,7,10,12,14,17,20H,5-6,8-9,11H2;(H,6,7). The summed E-state index contributed by atoms with van der Waals surface area (Å²) in [6, 6.07) is 7.03. The van der Waals surface area contributed by atoms with Crippen molar-refractivity contribution >= 4 is 22.3 Å². The van der Waals surface area contributed by atoms with Crippen LogP contribution in [0.1, 0.15) is 30.1 Å². The van der Waals surface area contributed by atoms with E-state index >= 15 is 0 Å². The molecule has 0 bridgehead atoms. The van der Waals surface area contributed by atoms with Gasteiger partial charge in [0.25, 0.3) is 0 Å². The number of ether oxygens (including phenoxy) is 1. The summed E-state index contributed by atoms with van der Waals surface area (Å²) in [6.07, 6.45) is 1.04. The monoisotopic (exact) mass is 459 g/mol. The van der Waals surface area contributed by atoms with Crippen LogP contribution < -0.4 is 5.32 Å². The summed E-state index contributed by atoms with van der Waals surface area (Å²) in [6.45, 7) is 2.29. The molecule has 1 unspecified atom stereocenters. The van der Waals surface area contributed by atoms with Gasteiger partial charge in [-0.2, -0.15) is 13.2 Å². The van der Waals surface area contributed by atoms with E-state index in [1.54, 1.807) is 11.3 Å². The van der Waals surface area contributed by atoms with Crippen molar-refractivity contribution in [2.75, 3.05) is 13.2 Å². The summed E-state index contributed by atoms with van der Waals surface area (Å²) < 4.78 is 52.5. The Morgan fingerprint density at radius 2 is 1.94 bits per heavy atom. The first-order valence-corrected chi connectivity index (χ1v) is 10.4. The quantitative estimate of drug-likeness (QED) is 0.553. The van der Waals surface area contributed by atoms with Gasteiger partial charge in [-0.25, -0.2) is 14.2 Å². The Hall–Kier alpha value is -2.50. The van der Waals surface area contributed by atoms with Crippen molar-refractivity contribution in [2.45, 2.75) is 31.6 Å². The number of carbonyl (C=O) groups is 1. The number of halogens is 4. The molecule has 4 rings (SSSR count). The second-order valence-corrected chi connectivity index (χ2v) is 7.86. The number of fused-ring (bicyclic) bond motifs is 1. The Bertz CT molecular complexity index is 953. The molecule has 1 saturated heterocycles. The molecule has 0 saturated carbocycles. The Morgan fingerprint density at radius 1 is 1.29 bits per heavy atom. The van der Waals surface area contributed by atoms with Crippen molar-refractivity contribution in [2.24, 2.45) is 5.92 Å². The number of aliphatic carboxylic acids is 1. The zero-order chi connectivity index (χ0) is 22.4. The van der Waals surface area contributed by atoms with Crippen LogP contribution in [-0.4, -0.2) is 39.9 Å². The molecule has 3 aromatic rings. The van der Waals surface area contributed by atoms with Gasteiger partial charge in [0.2, 0.25) is 0 Å². The minimum absolute atomic E-state index is 0.189. The van der Waals surface area contributed by atoms with E-state index in [1.807, 2.05) is 28.1 Å². The van der Waals surface area contributed by atoms with E-state index in [9.17, 15) is 17.6 Å². The van der Waals surface area contributed by atoms with Gasteiger partial charge in [0.15, 0.2) is 4.96 Å². The van der Waals surface area contributed by atoms with Crippen LogP contribution in [0.3, 0.4) is 0 Å². The molecule has 6 nitrogen and oxygen atoms in total. The highest BCUT2D eigenvalue weighted by Gasteiger charge is 2.38. The molecule has 1 aromatic carbocycles. The normalized spacial score (nSPS) is 16.0. The van der Waals surface area contributed by atoms with E-state index in [0.717, 1.165) is 42.3 Å². The van der Waals surface area contributed by atoms with E-state index in [0.29, 0.717) is 12.5 Å². The second kappa shape index (κ2) is 10.2. The number of hydrogen-bond acceptors (Lipinski definition) is 5. The number of carboxylic acids is 1. The van der Waals surface area contributed by atoms with Crippen LogP contribution in [0.5, 0.6) is 0 Å². The number of alkyl halides is 3. The maximum atomic E-state index is 13.3. The maximum Gasteiger partial charge on any atom is 0.490 e. The number of hydrogen-bond donors (Lipinski definition) is 2. The van der Waals surface area contributed by atoms with Crippen LogP contribution in [0.4, 0.5) is 17.6 Å². The maximum absolute atomic E-state index is 13.3. The summed E-state index contributed by atoms with van der Waals surface area (Å²) >= 11 is 1.63. The number of thiazole rings is 1. The fraction of sp³-hybridized carbons (Fsp3) is 0.400. The summed E-state index contributed by atoms with van der Waals surface area (Å²) in [5, 5.41) is 12.8. The zero-order valence-electron chi connectivity index (χ0n) is 16.3. The summed E-state index contributed by atoms with van der Waals surface area (Å²) in [7, 11) is 0. The molecule has 0 aliphatic carbocycles. The van der Waals surface area contributed by atoms with E-state index in [4.69, 9.17) is 14.6 Å². The smallest absolute Gasteiger partial charge is 0.475 e. The molecule has 11 heteroatoms. The van der Waals surface area contributed by atoms with Crippen molar-refractivity contribution in [3.63, 3.8) is 0 Å². The molecule has 2 N–H and O–H groups in total. The molecule has 0 spiro atoms. The van der Waals surface area contributed by atoms with Gasteiger partial charge in [-0.15, -0.1) is 11.3 Å². The highest BCUT2D eigenvalue weighted by Crippen LogP contribution is 2.30. The topological polar surface area (TPSA) is 75.9 Å². The Morgan fingerprint density at radius 3 is 2.52 bits per heavy atom. The lowest BCUT2D eigenvalue weighted by Crippen LogP contribution is -2.32. The molecular weight excluding hydrogens is 438 g/mol. The molecule has 3 heterocycles. The largest absolute Gasteiger partial charge is 0.490 e. The average molecular weight is 459 g/mol. The highest BCUT2D eigenvalue weighted by molar-refractivity contribution is 7.15. The van der Waals surface area contributed by atoms with E-state index in [-0.39, 0.29) is 11.9 Å². The van der Waals surface area contributed by atoms with Gasteiger partial charge < -0.3 is 15.2 Å². The molecule has 0 radical (unpaired) electrons.